The maximum Gasteiger partial charge on any atom is 0.153 e. The predicted octanol–water partition coefficient (Wildman–Crippen LogP) is 2.06. The molecule has 0 saturated carbocycles. The van der Waals surface area contributed by atoms with Gasteiger partial charge in [0.05, 0.1) is 5.75 Å². The lowest BCUT2D eigenvalue weighted by atomic mass is 9.93. The Morgan fingerprint density at radius 1 is 1.73 bits per heavy atom. The third kappa shape index (κ3) is 4.32. The van der Waals surface area contributed by atoms with Gasteiger partial charge in [0.25, 0.3) is 0 Å². The number of hydrogen-bond acceptors (Lipinski definition) is 1. The molecule has 0 aliphatic heterocycles. The largest absolute Gasteiger partial charge is 0.306 e. The molecule has 3 heteroatoms. The van der Waals surface area contributed by atoms with Crippen molar-refractivity contribution in [3.05, 3.63) is 12.7 Å². The minimum atomic E-state index is -1.67. The molecule has 0 rings (SSSR count). The maximum absolute atomic E-state index is 10.4. The third-order valence-electron chi connectivity index (χ3n) is 1.91. The van der Waals surface area contributed by atoms with Crippen molar-refractivity contribution < 1.29 is 8.76 Å². The molecule has 0 aromatic carbocycles. The highest BCUT2D eigenvalue weighted by Crippen LogP contribution is 2.16. The molecule has 0 aliphatic rings. The summed E-state index contributed by atoms with van der Waals surface area (Å²) < 4.78 is 19.0. The molecule has 0 aliphatic carbocycles. The van der Waals surface area contributed by atoms with Gasteiger partial charge in [-0.05, 0) is 18.3 Å². The van der Waals surface area contributed by atoms with Crippen LogP contribution >= 0.6 is 0 Å². The van der Waals surface area contributed by atoms with E-state index in [-0.39, 0.29) is 5.92 Å². The molecule has 0 saturated heterocycles. The van der Waals surface area contributed by atoms with E-state index in [2.05, 4.69) is 13.5 Å². The summed E-state index contributed by atoms with van der Waals surface area (Å²) >= 11 is -1.67. The molecule has 0 fully saturated rings. The van der Waals surface area contributed by atoms with Crippen LogP contribution in [0.5, 0.6) is 0 Å². The lowest BCUT2D eigenvalue weighted by Crippen LogP contribution is -2.15. The van der Waals surface area contributed by atoms with E-state index in [0.29, 0.717) is 11.7 Å². The molecule has 0 heterocycles. The Morgan fingerprint density at radius 3 is 2.55 bits per heavy atom. The van der Waals surface area contributed by atoms with E-state index in [0.717, 1.165) is 6.42 Å². The number of rotatable bonds is 5. The fourth-order valence-corrected chi connectivity index (χ4v) is 1.85. The average Bonchev–Trinajstić information content (AvgIpc) is 1.88. The van der Waals surface area contributed by atoms with Crippen LogP contribution in [0.3, 0.4) is 0 Å². The van der Waals surface area contributed by atoms with E-state index in [1.165, 1.54) is 0 Å². The first kappa shape index (κ1) is 10.8. The molecule has 3 atom stereocenters. The molecule has 1 N–H and O–H groups in total. The lowest BCUT2D eigenvalue weighted by Gasteiger charge is -2.16. The zero-order chi connectivity index (χ0) is 8.85. The molecule has 0 aromatic heterocycles. The normalized spacial score (nSPS) is 18.8. The smallest absolute Gasteiger partial charge is 0.153 e. The standard InChI is InChI=1S/C8H16O2S/c1-4-8(5-2)7(3)6-11(9)10/h4,7-8H,1,5-6H2,2-3H3,(H,9,10)/t7-,8-/m1/s1. The van der Waals surface area contributed by atoms with E-state index in [1.807, 2.05) is 13.0 Å². The molecule has 2 nitrogen and oxygen atoms in total. The topological polar surface area (TPSA) is 37.3 Å². The van der Waals surface area contributed by atoms with Crippen molar-refractivity contribution >= 4 is 11.1 Å². The van der Waals surface area contributed by atoms with E-state index in [9.17, 15) is 4.21 Å². The second-order valence-corrected chi connectivity index (χ2v) is 3.75. The van der Waals surface area contributed by atoms with Crippen molar-refractivity contribution in [2.75, 3.05) is 5.75 Å². The van der Waals surface area contributed by atoms with Crippen LogP contribution in [0.2, 0.25) is 0 Å². The molecule has 0 radical (unpaired) electrons. The van der Waals surface area contributed by atoms with Crippen LogP contribution in [-0.2, 0) is 11.1 Å². The average molecular weight is 176 g/mol. The highest BCUT2D eigenvalue weighted by Gasteiger charge is 2.13. The van der Waals surface area contributed by atoms with E-state index in [4.69, 9.17) is 4.55 Å². The highest BCUT2D eigenvalue weighted by atomic mass is 32.2. The van der Waals surface area contributed by atoms with Crippen molar-refractivity contribution in [2.45, 2.75) is 20.3 Å². The fraction of sp³-hybridized carbons (Fsp3) is 0.750. The first-order valence-corrected chi connectivity index (χ1v) is 5.09. The third-order valence-corrected chi connectivity index (χ3v) is 2.72. The molecule has 0 amide bonds. The first-order valence-electron chi connectivity index (χ1n) is 3.81. The number of allylic oxidation sites excluding steroid dienone is 1. The van der Waals surface area contributed by atoms with Crippen LogP contribution in [0.25, 0.3) is 0 Å². The summed E-state index contributed by atoms with van der Waals surface area (Å²) in [6.45, 7) is 7.71. The lowest BCUT2D eigenvalue weighted by molar-refractivity contribution is 0.445. The summed E-state index contributed by atoms with van der Waals surface area (Å²) in [6, 6.07) is 0. The van der Waals surface area contributed by atoms with E-state index < -0.39 is 11.1 Å². The van der Waals surface area contributed by atoms with Crippen molar-refractivity contribution in [3.63, 3.8) is 0 Å². The van der Waals surface area contributed by atoms with Gasteiger partial charge in [0.15, 0.2) is 11.1 Å². The molecular formula is C8H16O2S. The second-order valence-electron chi connectivity index (χ2n) is 2.77. The molecular weight excluding hydrogens is 160 g/mol. The van der Waals surface area contributed by atoms with Crippen molar-refractivity contribution in [1.29, 1.82) is 0 Å². The van der Waals surface area contributed by atoms with Gasteiger partial charge in [0.1, 0.15) is 0 Å². The summed E-state index contributed by atoms with van der Waals surface area (Å²) in [7, 11) is 0. The van der Waals surface area contributed by atoms with Crippen molar-refractivity contribution in [3.8, 4) is 0 Å². The Balaban J connectivity index is 3.87. The van der Waals surface area contributed by atoms with Gasteiger partial charge in [-0.3, -0.25) is 0 Å². The van der Waals surface area contributed by atoms with E-state index >= 15 is 0 Å². The van der Waals surface area contributed by atoms with Crippen LogP contribution in [0.1, 0.15) is 20.3 Å². The summed E-state index contributed by atoms with van der Waals surface area (Å²) in [5.41, 5.74) is 0. The van der Waals surface area contributed by atoms with Crippen LogP contribution in [0.4, 0.5) is 0 Å². The molecule has 1 unspecified atom stereocenters. The van der Waals surface area contributed by atoms with Crippen LogP contribution in [0, 0.1) is 11.8 Å². The van der Waals surface area contributed by atoms with Crippen LogP contribution in [-0.4, -0.2) is 14.5 Å². The minimum absolute atomic E-state index is 0.253. The minimum Gasteiger partial charge on any atom is -0.306 e. The van der Waals surface area contributed by atoms with Crippen molar-refractivity contribution in [2.24, 2.45) is 11.8 Å². The number of hydrogen-bond donors (Lipinski definition) is 1. The Morgan fingerprint density at radius 2 is 2.27 bits per heavy atom. The highest BCUT2D eigenvalue weighted by molar-refractivity contribution is 7.79. The molecule has 0 aromatic rings. The van der Waals surface area contributed by atoms with Gasteiger partial charge in [0.2, 0.25) is 0 Å². The van der Waals surface area contributed by atoms with Gasteiger partial charge >= 0.3 is 0 Å². The van der Waals surface area contributed by atoms with Crippen molar-refractivity contribution in [1.82, 2.24) is 0 Å². The Labute approximate surface area is 71.0 Å². The van der Waals surface area contributed by atoms with E-state index in [1.54, 1.807) is 0 Å². The first-order chi connectivity index (χ1) is 5.11. The Hall–Kier alpha value is -0.150. The molecule has 0 bridgehead atoms. The predicted molar refractivity (Wildman–Crippen MR) is 48.8 cm³/mol. The fourth-order valence-electron chi connectivity index (χ4n) is 1.15. The summed E-state index contributed by atoms with van der Waals surface area (Å²) in [5, 5.41) is 0. The van der Waals surface area contributed by atoms with Gasteiger partial charge in [-0.1, -0.05) is 19.9 Å². The van der Waals surface area contributed by atoms with Gasteiger partial charge in [-0.15, -0.1) is 6.58 Å². The van der Waals surface area contributed by atoms with Gasteiger partial charge < -0.3 is 4.55 Å². The molecule has 0 spiro atoms. The zero-order valence-corrected chi connectivity index (χ0v) is 7.93. The SMILES string of the molecule is C=C[C@H](CC)[C@H](C)CS(=O)O. The van der Waals surface area contributed by atoms with Gasteiger partial charge in [0, 0.05) is 0 Å². The van der Waals surface area contributed by atoms with Crippen LogP contribution in [0.15, 0.2) is 12.7 Å². The second kappa shape index (κ2) is 5.49. The van der Waals surface area contributed by atoms with Gasteiger partial charge in [-0.2, -0.15) is 0 Å². The quantitative estimate of drug-likeness (QED) is 0.514. The molecule has 66 valence electrons. The Bertz CT molecular complexity index is 145. The zero-order valence-electron chi connectivity index (χ0n) is 7.12. The molecule has 11 heavy (non-hydrogen) atoms. The summed E-state index contributed by atoms with van der Waals surface area (Å²) in [4.78, 5) is 0. The maximum atomic E-state index is 10.4. The monoisotopic (exact) mass is 176 g/mol. The summed E-state index contributed by atoms with van der Waals surface area (Å²) in [6.07, 6.45) is 2.85. The van der Waals surface area contributed by atoms with Crippen LogP contribution < -0.4 is 0 Å². The Kier molecular flexibility index (Phi) is 5.42. The van der Waals surface area contributed by atoms with Gasteiger partial charge in [-0.25, -0.2) is 4.21 Å². The summed E-state index contributed by atoms with van der Waals surface area (Å²) in [5.74, 6) is 0.972.